The standard InChI is InChI=1S/C11H15N2O.BrH.Zn/c1-2-6-14-10(3-1)9-7-12-13-11(9)8-4-5-8;;/h1,7-8,10H,2-6H2,(H,12,13);1H;/q-1;;+2/p-1/t10-;;/m1../s1. The van der Waals surface area contributed by atoms with Gasteiger partial charge in [-0.1, -0.05) is 0 Å². The number of hydrogen-bond donors (Lipinski definition) is 1. The van der Waals surface area contributed by atoms with Gasteiger partial charge in [-0.3, -0.25) is 5.10 Å². The van der Waals surface area contributed by atoms with E-state index in [1.54, 1.807) is 0 Å². The molecule has 84 valence electrons. The van der Waals surface area contributed by atoms with Gasteiger partial charge in [0, 0.05) is 23.8 Å². The Kier molecular flexibility index (Phi) is 4.99. The minimum Gasteiger partial charge on any atom is -0.379 e. The number of rotatable bonds is 2. The van der Waals surface area contributed by atoms with Gasteiger partial charge in [-0.25, -0.2) is 0 Å². The van der Waals surface area contributed by atoms with Crippen LogP contribution in [0, 0.1) is 6.42 Å². The fraction of sp³-hybridized carbons (Fsp3) is 0.636. The van der Waals surface area contributed by atoms with Gasteiger partial charge < -0.3 is 11.2 Å². The van der Waals surface area contributed by atoms with Gasteiger partial charge in [-0.05, 0) is 12.8 Å². The Morgan fingerprint density at radius 3 is 2.94 bits per heavy atom. The maximum atomic E-state index is 5.75. The van der Waals surface area contributed by atoms with E-state index >= 15 is 0 Å². The second-order valence-corrected chi connectivity index (χ2v) is 4.19. The number of H-pyrrole nitrogens is 1. The van der Waals surface area contributed by atoms with Crippen molar-refractivity contribution in [3.8, 4) is 0 Å². The molecule has 3 nitrogen and oxygen atoms in total. The van der Waals surface area contributed by atoms with E-state index in [1.165, 1.54) is 40.4 Å². The first kappa shape index (κ1) is 12.7. The molecular formula is C11H15BrN2OZn. The van der Waals surface area contributed by atoms with E-state index in [0.29, 0.717) is 0 Å². The van der Waals surface area contributed by atoms with Crippen molar-refractivity contribution in [2.75, 3.05) is 6.61 Å². The van der Waals surface area contributed by atoms with E-state index in [1.807, 2.05) is 6.20 Å². The summed E-state index contributed by atoms with van der Waals surface area (Å²) in [6.45, 7) is 0.861. The molecule has 0 amide bonds. The summed E-state index contributed by atoms with van der Waals surface area (Å²) in [7, 11) is 0. The van der Waals surface area contributed by atoms with Crippen molar-refractivity contribution in [3.63, 3.8) is 0 Å². The first-order valence-electron chi connectivity index (χ1n) is 5.68. The van der Waals surface area contributed by atoms with Crippen LogP contribution in [0.4, 0.5) is 0 Å². The summed E-state index contributed by atoms with van der Waals surface area (Å²) in [6, 6.07) is 0. The summed E-state index contributed by atoms with van der Waals surface area (Å²) in [5.41, 5.74) is 2.62. The molecule has 16 heavy (non-hydrogen) atoms. The van der Waals surface area contributed by atoms with Crippen LogP contribution in [0.15, 0.2) is 6.20 Å². The number of nitrogens with one attached hydrogen (secondary N) is 1. The second-order valence-electron chi connectivity index (χ2n) is 4.19. The third-order valence-corrected chi connectivity index (χ3v) is 3.05. The van der Waals surface area contributed by atoms with Crippen molar-refractivity contribution < 1.29 is 21.1 Å². The Morgan fingerprint density at radius 2 is 2.31 bits per heavy atom. The molecule has 5 heteroatoms. The summed E-state index contributed by atoms with van der Waals surface area (Å²) >= 11 is 4.25. The normalized spacial score (nSPS) is 24.8. The van der Waals surface area contributed by atoms with Gasteiger partial charge in [0.25, 0.3) is 0 Å². The van der Waals surface area contributed by atoms with Gasteiger partial charge in [-0.15, -0.1) is 6.42 Å². The molecule has 1 N–H and O–H groups in total. The first-order valence-corrected chi connectivity index (χ1v) is 12.6. The van der Waals surface area contributed by atoms with E-state index in [2.05, 4.69) is 30.2 Å². The predicted octanol–water partition coefficient (Wildman–Crippen LogP) is 3.19. The van der Waals surface area contributed by atoms with Crippen molar-refractivity contribution in [2.24, 2.45) is 0 Å². The van der Waals surface area contributed by atoms with Crippen LogP contribution in [-0.2, 0) is 21.1 Å². The summed E-state index contributed by atoms with van der Waals surface area (Å²) in [4.78, 5) is 0. The summed E-state index contributed by atoms with van der Waals surface area (Å²) in [5.74, 6) is 0.734. The molecule has 1 saturated heterocycles. The van der Waals surface area contributed by atoms with Gasteiger partial charge in [0.15, 0.2) is 0 Å². The largest absolute Gasteiger partial charge is 0.379 e. The van der Waals surface area contributed by atoms with Gasteiger partial charge >= 0.3 is 30.0 Å². The molecule has 0 bridgehead atoms. The minimum atomic E-state index is 0.262. The van der Waals surface area contributed by atoms with Crippen LogP contribution in [0.25, 0.3) is 0 Å². The average molecular weight is 337 g/mol. The Bertz CT molecular complexity index is 322. The molecule has 1 aliphatic heterocycles. The SMILES string of the molecule is [Zn+][Br].c1n[nH]c(C2CC2)c1[C@H]1C[CH-]CCO1. The number of aromatic nitrogens is 2. The molecule has 0 spiro atoms. The summed E-state index contributed by atoms with van der Waals surface area (Å²) in [6.07, 6.45) is 9.27. The molecule has 0 aromatic carbocycles. The van der Waals surface area contributed by atoms with Crippen molar-refractivity contribution in [3.05, 3.63) is 23.9 Å². The second kappa shape index (κ2) is 6.27. The van der Waals surface area contributed by atoms with Crippen LogP contribution in [0.2, 0.25) is 0 Å². The third kappa shape index (κ3) is 2.93. The van der Waals surface area contributed by atoms with Crippen LogP contribution in [-0.4, -0.2) is 16.8 Å². The Morgan fingerprint density at radius 1 is 1.50 bits per heavy atom. The van der Waals surface area contributed by atoms with E-state index < -0.39 is 0 Å². The van der Waals surface area contributed by atoms with Crippen LogP contribution in [0.3, 0.4) is 0 Å². The number of ether oxygens (including phenoxy) is 1. The molecule has 1 saturated carbocycles. The van der Waals surface area contributed by atoms with Crippen molar-refractivity contribution in [1.29, 1.82) is 0 Å². The number of nitrogens with zero attached hydrogens (tertiary/aromatic N) is 1. The molecule has 0 unspecified atom stereocenters. The molecule has 1 atom stereocenters. The molecule has 1 aliphatic carbocycles. The average Bonchev–Trinajstić information content (AvgIpc) is 3.10. The number of hydrogen-bond acceptors (Lipinski definition) is 2. The number of halogens is 1. The summed E-state index contributed by atoms with van der Waals surface area (Å²) < 4.78 is 5.75. The minimum absolute atomic E-state index is 0.262. The smallest absolute Gasteiger partial charge is 0.0589 e. The zero-order chi connectivity index (χ0) is 11.4. The maximum absolute atomic E-state index is 5.75. The van der Waals surface area contributed by atoms with Crippen molar-refractivity contribution in [1.82, 2.24) is 10.2 Å². The predicted molar refractivity (Wildman–Crippen MR) is 61.7 cm³/mol. The molecule has 2 fully saturated rings. The Labute approximate surface area is 113 Å². The molecule has 1 aromatic heterocycles. The first-order chi connectivity index (χ1) is 7.95. The number of aromatic amines is 1. The van der Waals surface area contributed by atoms with Gasteiger partial charge in [0.1, 0.15) is 0 Å². The van der Waals surface area contributed by atoms with Crippen LogP contribution in [0.5, 0.6) is 0 Å². The fourth-order valence-electron chi connectivity index (χ4n) is 2.11. The third-order valence-electron chi connectivity index (χ3n) is 3.05. The maximum Gasteiger partial charge on any atom is 0.0589 e. The van der Waals surface area contributed by atoms with Crippen molar-refractivity contribution >= 4 is 13.6 Å². The Balaban J connectivity index is 0.000000457. The Hall–Kier alpha value is 0.273. The molecule has 2 heterocycles. The van der Waals surface area contributed by atoms with Gasteiger partial charge in [0.05, 0.1) is 12.3 Å². The monoisotopic (exact) mass is 334 g/mol. The molecule has 2 aliphatic rings. The molecule has 0 radical (unpaired) electrons. The molecule has 3 rings (SSSR count). The van der Waals surface area contributed by atoms with E-state index in [4.69, 9.17) is 4.74 Å². The van der Waals surface area contributed by atoms with Crippen molar-refractivity contribution in [2.45, 2.75) is 37.7 Å². The van der Waals surface area contributed by atoms with E-state index in [0.717, 1.165) is 25.4 Å². The van der Waals surface area contributed by atoms with E-state index in [-0.39, 0.29) is 6.10 Å². The van der Waals surface area contributed by atoms with E-state index in [9.17, 15) is 0 Å². The van der Waals surface area contributed by atoms with Crippen LogP contribution < -0.4 is 0 Å². The fourth-order valence-corrected chi connectivity index (χ4v) is 2.11. The summed E-state index contributed by atoms with van der Waals surface area (Å²) in [5, 5.41) is 7.26. The van der Waals surface area contributed by atoms with Gasteiger partial charge in [0.2, 0.25) is 0 Å². The quantitative estimate of drug-likeness (QED) is 0.665. The van der Waals surface area contributed by atoms with Gasteiger partial charge in [-0.2, -0.15) is 11.5 Å². The van der Waals surface area contributed by atoms with Crippen LogP contribution >= 0.6 is 13.6 Å². The molecular weight excluding hydrogens is 321 g/mol. The zero-order valence-electron chi connectivity index (χ0n) is 9.29. The topological polar surface area (TPSA) is 37.9 Å². The molecule has 1 aromatic rings. The van der Waals surface area contributed by atoms with Crippen LogP contribution in [0.1, 0.15) is 49.0 Å². The zero-order valence-corrected chi connectivity index (χ0v) is 13.8.